The number of rotatable bonds is 3. The number of piperazine rings is 1. The van der Waals surface area contributed by atoms with E-state index in [4.69, 9.17) is 0 Å². The third kappa shape index (κ3) is 3.50. The van der Waals surface area contributed by atoms with Crippen molar-refractivity contribution < 1.29 is 9.59 Å². The Morgan fingerprint density at radius 2 is 1.62 bits per heavy atom. The second kappa shape index (κ2) is 6.91. The molecule has 2 heterocycles. The zero-order valence-corrected chi connectivity index (χ0v) is 14.2. The third-order valence-electron chi connectivity index (χ3n) is 4.54. The summed E-state index contributed by atoms with van der Waals surface area (Å²) >= 11 is 0. The normalized spacial score (nSPS) is 14.8. The molecular weight excluding hydrogens is 302 g/mol. The maximum atomic E-state index is 12.5. The van der Waals surface area contributed by atoms with E-state index in [1.807, 2.05) is 60.0 Å². The zero-order chi connectivity index (χ0) is 17.1. The number of hydrogen-bond acceptors (Lipinski definition) is 2. The van der Waals surface area contributed by atoms with E-state index in [0.29, 0.717) is 38.2 Å². The van der Waals surface area contributed by atoms with E-state index in [-0.39, 0.29) is 11.8 Å². The van der Waals surface area contributed by atoms with Gasteiger partial charge in [0.1, 0.15) is 0 Å². The van der Waals surface area contributed by atoms with Crippen LogP contribution in [-0.4, -0.2) is 52.8 Å². The molecule has 1 aliphatic rings. The Balaban J connectivity index is 1.56. The summed E-state index contributed by atoms with van der Waals surface area (Å²) in [6.45, 7) is 6.36. The molecule has 5 heteroatoms. The van der Waals surface area contributed by atoms with Crippen LogP contribution in [0.25, 0.3) is 0 Å². The second-order valence-corrected chi connectivity index (χ2v) is 6.32. The van der Waals surface area contributed by atoms with Crippen LogP contribution < -0.4 is 0 Å². The Hall–Kier alpha value is -2.56. The lowest BCUT2D eigenvalue weighted by Crippen LogP contribution is -2.51. The number of carbonyl (C=O) groups excluding carboxylic acids is 2. The van der Waals surface area contributed by atoms with Crippen molar-refractivity contribution in [1.29, 1.82) is 0 Å². The van der Waals surface area contributed by atoms with Crippen LogP contribution in [0, 0.1) is 13.8 Å². The van der Waals surface area contributed by atoms with Gasteiger partial charge in [0.25, 0.3) is 5.91 Å². The summed E-state index contributed by atoms with van der Waals surface area (Å²) < 4.78 is 0. The van der Waals surface area contributed by atoms with Crippen LogP contribution in [0.1, 0.15) is 27.3 Å². The fraction of sp³-hybridized carbons (Fsp3) is 0.368. The molecule has 5 nitrogen and oxygen atoms in total. The molecule has 126 valence electrons. The first-order valence-electron chi connectivity index (χ1n) is 8.32. The van der Waals surface area contributed by atoms with Crippen molar-refractivity contribution in [2.24, 2.45) is 0 Å². The molecule has 1 saturated heterocycles. The predicted octanol–water partition coefficient (Wildman–Crippen LogP) is 2.16. The van der Waals surface area contributed by atoms with Crippen LogP contribution >= 0.6 is 0 Å². The predicted molar refractivity (Wildman–Crippen MR) is 92.9 cm³/mol. The topological polar surface area (TPSA) is 56.4 Å². The maximum absolute atomic E-state index is 12.5. The number of carbonyl (C=O) groups is 2. The summed E-state index contributed by atoms with van der Waals surface area (Å²) in [6.07, 6.45) is 0.419. The van der Waals surface area contributed by atoms with E-state index in [0.717, 1.165) is 17.0 Å². The molecule has 0 spiro atoms. The van der Waals surface area contributed by atoms with Gasteiger partial charge in [-0.25, -0.2) is 0 Å². The van der Waals surface area contributed by atoms with Gasteiger partial charge in [0.05, 0.1) is 6.42 Å². The first-order chi connectivity index (χ1) is 11.5. The van der Waals surface area contributed by atoms with Crippen molar-refractivity contribution in [2.75, 3.05) is 26.2 Å². The fourth-order valence-electron chi connectivity index (χ4n) is 3.16. The molecule has 0 radical (unpaired) electrons. The van der Waals surface area contributed by atoms with Crippen LogP contribution in [0.2, 0.25) is 0 Å². The lowest BCUT2D eigenvalue weighted by Gasteiger charge is -2.35. The number of amides is 2. The van der Waals surface area contributed by atoms with Crippen LogP contribution in [0.5, 0.6) is 0 Å². The number of aromatic amines is 1. The Bertz CT molecular complexity index is 728. The molecule has 3 rings (SSSR count). The van der Waals surface area contributed by atoms with Crippen LogP contribution in [-0.2, 0) is 11.2 Å². The number of nitrogens with zero attached hydrogens (tertiary/aromatic N) is 2. The molecule has 0 atom stereocenters. The minimum Gasteiger partial charge on any atom is -0.362 e. The lowest BCUT2D eigenvalue weighted by molar-refractivity contribution is -0.131. The Kier molecular flexibility index (Phi) is 4.69. The monoisotopic (exact) mass is 325 g/mol. The van der Waals surface area contributed by atoms with E-state index in [1.165, 1.54) is 0 Å². The summed E-state index contributed by atoms with van der Waals surface area (Å²) in [4.78, 5) is 31.8. The van der Waals surface area contributed by atoms with E-state index >= 15 is 0 Å². The Morgan fingerprint density at radius 1 is 1.00 bits per heavy atom. The van der Waals surface area contributed by atoms with Crippen molar-refractivity contribution in [3.05, 3.63) is 58.9 Å². The number of aryl methyl sites for hydroxylation is 2. The number of nitrogens with one attached hydrogen (secondary N) is 1. The number of H-pyrrole nitrogens is 1. The SMILES string of the molecule is Cc1cc(CC(=O)N2CCN(C(=O)c3ccccc3)CC2)c(C)[nH]1. The summed E-state index contributed by atoms with van der Waals surface area (Å²) in [7, 11) is 0. The maximum Gasteiger partial charge on any atom is 0.253 e. The molecule has 1 N–H and O–H groups in total. The molecule has 2 aromatic rings. The Labute approximate surface area is 142 Å². The molecular formula is C19H23N3O2. The molecule has 1 aliphatic heterocycles. The summed E-state index contributed by atoms with van der Waals surface area (Å²) in [5, 5.41) is 0. The van der Waals surface area contributed by atoms with E-state index in [1.54, 1.807) is 0 Å². The highest BCUT2D eigenvalue weighted by molar-refractivity contribution is 5.94. The van der Waals surface area contributed by atoms with Crippen molar-refractivity contribution in [1.82, 2.24) is 14.8 Å². The quantitative estimate of drug-likeness (QED) is 0.940. The second-order valence-electron chi connectivity index (χ2n) is 6.32. The zero-order valence-electron chi connectivity index (χ0n) is 14.2. The fourth-order valence-corrected chi connectivity index (χ4v) is 3.16. The van der Waals surface area contributed by atoms with Crippen molar-refractivity contribution in [3.63, 3.8) is 0 Å². The summed E-state index contributed by atoms with van der Waals surface area (Å²) in [5.74, 6) is 0.170. The largest absolute Gasteiger partial charge is 0.362 e. The van der Waals surface area contributed by atoms with Crippen molar-refractivity contribution in [3.8, 4) is 0 Å². The highest BCUT2D eigenvalue weighted by Gasteiger charge is 2.25. The van der Waals surface area contributed by atoms with Gasteiger partial charge in [-0.15, -0.1) is 0 Å². The van der Waals surface area contributed by atoms with E-state index < -0.39 is 0 Å². The lowest BCUT2D eigenvalue weighted by atomic mass is 10.1. The van der Waals surface area contributed by atoms with Gasteiger partial charge in [0.2, 0.25) is 5.91 Å². The summed E-state index contributed by atoms with van der Waals surface area (Å²) in [6, 6.07) is 11.3. The van der Waals surface area contributed by atoms with Crippen LogP contribution in [0.15, 0.2) is 36.4 Å². The number of hydrogen-bond donors (Lipinski definition) is 1. The van der Waals surface area contributed by atoms with Gasteiger partial charge in [-0.3, -0.25) is 9.59 Å². The third-order valence-corrected chi connectivity index (χ3v) is 4.54. The minimum absolute atomic E-state index is 0.0415. The molecule has 0 aliphatic carbocycles. The molecule has 1 aromatic carbocycles. The smallest absolute Gasteiger partial charge is 0.253 e. The molecule has 1 aromatic heterocycles. The van der Waals surface area contributed by atoms with Crippen LogP contribution in [0.4, 0.5) is 0 Å². The average molecular weight is 325 g/mol. The van der Waals surface area contributed by atoms with Gasteiger partial charge >= 0.3 is 0 Å². The van der Waals surface area contributed by atoms with Gasteiger partial charge in [-0.2, -0.15) is 0 Å². The number of aromatic nitrogens is 1. The van der Waals surface area contributed by atoms with Crippen LogP contribution in [0.3, 0.4) is 0 Å². The first kappa shape index (κ1) is 16.3. The molecule has 1 fully saturated rings. The van der Waals surface area contributed by atoms with Gasteiger partial charge < -0.3 is 14.8 Å². The average Bonchev–Trinajstić information content (AvgIpc) is 2.92. The van der Waals surface area contributed by atoms with Gasteiger partial charge in [-0.05, 0) is 37.6 Å². The highest BCUT2D eigenvalue weighted by atomic mass is 16.2. The van der Waals surface area contributed by atoms with E-state index in [2.05, 4.69) is 4.98 Å². The molecule has 0 saturated carbocycles. The summed E-state index contributed by atoms with van der Waals surface area (Å²) in [5.41, 5.74) is 3.89. The molecule has 0 unspecified atom stereocenters. The van der Waals surface area contributed by atoms with Gasteiger partial charge in [0, 0.05) is 43.1 Å². The van der Waals surface area contributed by atoms with E-state index in [9.17, 15) is 9.59 Å². The first-order valence-corrected chi connectivity index (χ1v) is 8.32. The highest BCUT2D eigenvalue weighted by Crippen LogP contribution is 2.13. The molecule has 0 bridgehead atoms. The van der Waals surface area contributed by atoms with Gasteiger partial charge in [-0.1, -0.05) is 18.2 Å². The number of benzene rings is 1. The van der Waals surface area contributed by atoms with Crippen molar-refractivity contribution in [2.45, 2.75) is 20.3 Å². The molecule has 2 amide bonds. The van der Waals surface area contributed by atoms with Crippen molar-refractivity contribution >= 4 is 11.8 Å². The molecule has 24 heavy (non-hydrogen) atoms. The van der Waals surface area contributed by atoms with Gasteiger partial charge in [0.15, 0.2) is 0 Å². The minimum atomic E-state index is 0.0415. The standard InChI is InChI=1S/C19H23N3O2/c1-14-12-17(15(2)20-14)13-18(23)21-8-10-22(11-9-21)19(24)16-6-4-3-5-7-16/h3-7,12,20H,8-11,13H2,1-2H3. The Morgan fingerprint density at radius 3 is 2.21 bits per heavy atom.